The van der Waals surface area contributed by atoms with Crippen molar-refractivity contribution in [1.82, 2.24) is 15.0 Å². The summed E-state index contributed by atoms with van der Waals surface area (Å²) in [5, 5.41) is 8.14. The summed E-state index contributed by atoms with van der Waals surface area (Å²) in [6.45, 7) is 4.10. The zero-order chi connectivity index (χ0) is 15.4. The van der Waals surface area contributed by atoms with Crippen molar-refractivity contribution in [2.45, 2.75) is 19.9 Å². The summed E-state index contributed by atoms with van der Waals surface area (Å²) < 4.78 is 6.77. The van der Waals surface area contributed by atoms with Crippen molar-refractivity contribution in [1.29, 1.82) is 0 Å². The SMILES string of the molecule is CCOC(=O)c1nnn([C@H](C)c2ccccc2)c1N(C)C. The number of esters is 1. The Morgan fingerprint density at radius 1 is 1.33 bits per heavy atom. The van der Waals surface area contributed by atoms with E-state index in [0.717, 1.165) is 5.56 Å². The molecule has 112 valence electrons. The van der Waals surface area contributed by atoms with E-state index >= 15 is 0 Å². The van der Waals surface area contributed by atoms with Gasteiger partial charge in [0.2, 0.25) is 5.69 Å². The predicted molar refractivity (Wildman–Crippen MR) is 80.6 cm³/mol. The second-order valence-corrected chi connectivity index (χ2v) is 4.91. The maximum absolute atomic E-state index is 12.0. The summed E-state index contributed by atoms with van der Waals surface area (Å²) >= 11 is 0. The number of nitrogens with zero attached hydrogens (tertiary/aromatic N) is 4. The van der Waals surface area contributed by atoms with Crippen molar-refractivity contribution in [2.24, 2.45) is 0 Å². The molecule has 0 saturated heterocycles. The van der Waals surface area contributed by atoms with Crippen molar-refractivity contribution in [2.75, 3.05) is 25.6 Å². The van der Waals surface area contributed by atoms with Crippen LogP contribution in [-0.2, 0) is 4.74 Å². The van der Waals surface area contributed by atoms with E-state index in [0.29, 0.717) is 12.4 Å². The number of anilines is 1. The minimum Gasteiger partial charge on any atom is -0.461 e. The van der Waals surface area contributed by atoms with Crippen molar-refractivity contribution in [3.8, 4) is 0 Å². The fourth-order valence-corrected chi connectivity index (χ4v) is 2.17. The number of benzene rings is 1. The largest absolute Gasteiger partial charge is 0.461 e. The summed E-state index contributed by atoms with van der Waals surface area (Å²) in [7, 11) is 3.71. The Morgan fingerprint density at radius 2 is 2.00 bits per heavy atom. The smallest absolute Gasteiger partial charge is 0.362 e. The number of hydrogen-bond acceptors (Lipinski definition) is 5. The molecule has 6 nitrogen and oxygen atoms in total. The molecule has 2 rings (SSSR count). The molecule has 0 radical (unpaired) electrons. The minimum absolute atomic E-state index is 0.0284. The van der Waals surface area contributed by atoms with Crippen LogP contribution >= 0.6 is 0 Å². The third kappa shape index (κ3) is 3.04. The lowest BCUT2D eigenvalue weighted by Gasteiger charge is -2.20. The second kappa shape index (κ2) is 6.39. The number of aromatic nitrogens is 3. The lowest BCUT2D eigenvalue weighted by atomic mass is 10.1. The van der Waals surface area contributed by atoms with Crippen molar-refractivity contribution < 1.29 is 9.53 Å². The Balaban J connectivity index is 2.43. The van der Waals surface area contributed by atoms with Gasteiger partial charge in [-0.1, -0.05) is 35.5 Å². The highest BCUT2D eigenvalue weighted by Crippen LogP contribution is 2.25. The molecule has 0 amide bonds. The predicted octanol–water partition coefficient (Wildman–Crippen LogP) is 2.13. The van der Waals surface area contributed by atoms with Crippen LogP contribution in [0.4, 0.5) is 5.82 Å². The summed E-state index contributed by atoms with van der Waals surface area (Å²) in [6, 6.07) is 9.94. The maximum Gasteiger partial charge on any atom is 0.362 e. The van der Waals surface area contributed by atoms with Crippen LogP contribution in [-0.4, -0.2) is 41.7 Å². The van der Waals surface area contributed by atoms with Crippen LogP contribution in [0.1, 0.15) is 35.9 Å². The molecule has 0 aliphatic carbocycles. The first-order valence-corrected chi connectivity index (χ1v) is 6.90. The van der Waals surface area contributed by atoms with Crippen LogP contribution in [0, 0.1) is 0 Å². The number of hydrogen-bond donors (Lipinski definition) is 0. The van der Waals surface area contributed by atoms with Gasteiger partial charge in [0.15, 0.2) is 5.82 Å². The third-order valence-electron chi connectivity index (χ3n) is 3.21. The molecule has 1 aromatic heterocycles. The zero-order valence-corrected chi connectivity index (χ0v) is 12.8. The van der Waals surface area contributed by atoms with E-state index in [4.69, 9.17) is 4.74 Å². The molecular weight excluding hydrogens is 268 g/mol. The van der Waals surface area contributed by atoms with Gasteiger partial charge < -0.3 is 9.64 Å². The lowest BCUT2D eigenvalue weighted by Crippen LogP contribution is -2.21. The van der Waals surface area contributed by atoms with Gasteiger partial charge in [0.1, 0.15) is 0 Å². The molecule has 0 spiro atoms. The van der Waals surface area contributed by atoms with Gasteiger partial charge in [0.05, 0.1) is 12.6 Å². The van der Waals surface area contributed by atoms with Crippen LogP contribution in [0.25, 0.3) is 0 Å². The van der Waals surface area contributed by atoms with Gasteiger partial charge in [-0.3, -0.25) is 0 Å². The summed E-state index contributed by atoms with van der Waals surface area (Å²) in [4.78, 5) is 13.8. The van der Waals surface area contributed by atoms with Crippen LogP contribution in [0.3, 0.4) is 0 Å². The van der Waals surface area contributed by atoms with Gasteiger partial charge in [0.25, 0.3) is 0 Å². The molecule has 0 unspecified atom stereocenters. The normalized spacial score (nSPS) is 12.0. The van der Waals surface area contributed by atoms with Gasteiger partial charge in [-0.2, -0.15) is 0 Å². The van der Waals surface area contributed by atoms with Gasteiger partial charge in [-0.05, 0) is 19.4 Å². The molecule has 1 heterocycles. The van der Waals surface area contributed by atoms with E-state index in [-0.39, 0.29) is 11.7 Å². The van der Waals surface area contributed by atoms with Crippen LogP contribution in [0.5, 0.6) is 0 Å². The van der Waals surface area contributed by atoms with Gasteiger partial charge in [-0.15, -0.1) is 5.10 Å². The first kappa shape index (κ1) is 15.0. The molecular formula is C15H20N4O2. The quantitative estimate of drug-likeness (QED) is 0.789. The molecule has 0 N–H and O–H groups in total. The average molecular weight is 288 g/mol. The zero-order valence-electron chi connectivity index (χ0n) is 12.8. The number of rotatable bonds is 5. The third-order valence-corrected chi connectivity index (χ3v) is 3.21. The molecule has 1 atom stereocenters. The lowest BCUT2D eigenvalue weighted by molar-refractivity contribution is 0.0520. The Hall–Kier alpha value is -2.37. The molecule has 0 aliphatic rings. The topological polar surface area (TPSA) is 60.2 Å². The minimum atomic E-state index is -0.451. The molecule has 0 saturated carbocycles. The molecule has 0 aliphatic heterocycles. The van der Waals surface area contributed by atoms with E-state index in [2.05, 4.69) is 10.3 Å². The van der Waals surface area contributed by atoms with Crippen LogP contribution < -0.4 is 4.90 Å². The Bertz CT molecular complexity index is 607. The Labute approximate surface area is 124 Å². The highest BCUT2D eigenvalue weighted by molar-refractivity contribution is 5.92. The summed E-state index contributed by atoms with van der Waals surface area (Å²) in [6.07, 6.45) is 0. The number of carbonyl (C=O) groups excluding carboxylic acids is 1. The first-order chi connectivity index (χ1) is 10.1. The van der Waals surface area contributed by atoms with Gasteiger partial charge in [-0.25, -0.2) is 9.48 Å². The fraction of sp³-hybridized carbons (Fsp3) is 0.400. The highest BCUT2D eigenvalue weighted by atomic mass is 16.5. The highest BCUT2D eigenvalue weighted by Gasteiger charge is 2.25. The average Bonchev–Trinajstić information content (AvgIpc) is 2.92. The van der Waals surface area contributed by atoms with Crippen molar-refractivity contribution in [3.05, 3.63) is 41.6 Å². The van der Waals surface area contributed by atoms with E-state index in [9.17, 15) is 4.79 Å². The molecule has 0 bridgehead atoms. The van der Waals surface area contributed by atoms with E-state index in [1.165, 1.54) is 0 Å². The Kier molecular flexibility index (Phi) is 4.57. The number of carbonyl (C=O) groups is 1. The van der Waals surface area contributed by atoms with Crippen LogP contribution in [0.2, 0.25) is 0 Å². The second-order valence-electron chi connectivity index (χ2n) is 4.91. The number of ether oxygens (including phenoxy) is 1. The molecule has 0 fully saturated rings. The fourth-order valence-electron chi connectivity index (χ4n) is 2.17. The summed E-state index contributed by atoms with van der Waals surface area (Å²) in [5.41, 5.74) is 1.34. The maximum atomic E-state index is 12.0. The first-order valence-electron chi connectivity index (χ1n) is 6.90. The monoisotopic (exact) mass is 288 g/mol. The standard InChI is InChI=1S/C15H20N4O2/c1-5-21-15(20)13-14(18(3)4)19(17-16-13)11(2)12-9-7-6-8-10-12/h6-11H,5H2,1-4H3/t11-/m1/s1. The molecule has 1 aromatic carbocycles. The Morgan fingerprint density at radius 3 is 2.57 bits per heavy atom. The van der Waals surface area contributed by atoms with Gasteiger partial charge in [0, 0.05) is 14.1 Å². The molecule has 21 heavy (non-hydrogen) atoms. The molecule has 6 heteroatoms. The van der Waals surface area contributed by atoms with E-state index < -0.39 is 5.97 Å². The summed E-state index contributed by atoms with van der Waals surface area (Å²) in [5.74, 6) is 0.192. The van der Waals surface area contributed by atoms with E-state index in [1.54, 1.807) is 11.6 Å². The molecule has 2 aromatic rings. The van der Waals surface area contributed by atoms with Crippen molar-refractivity contribution in [3.63, 3.8) is 0 Å². The van der Waals surface area contributed by atoms with E-state index in [1.807, 2.05) is 56.3 Å². The van der Waals surface area contributed by atoms with Crippen molar-refractivity contribution >= 4 is 11.8 Å². The van der Waals surface area contributed by atoms with Gasteiger partial charge >= 0.3 is 5.97 Å². The van der Waals surface area contributed by atoms with Crippen LogP contribution in [0.15, 0.2) is 30.3 Å².